The fraction of sp³-hybridized carbons (Fsp3) is 0.348. The van der Waals surface area contributed by atoms with Crippen molar-refractivity contribution in [3.05, 3.63) is 54.1 Å². The van der Waals surface area contributed by atoms with Crippen molar-refractivity contribution < 1.29 is 9.59 Å². The van der Waals surface area contributed by atoms with Crippen molar-refractivity contribution in [3.8, 4) is 6.07 Å². The summed E-state index contributed by atoms with van der Waals surface area (Å²) in [7, 11) is 0. The molecule has 1 fully saturated rings. The van der Waals surface area contributed by atoms with Crippen LogP contribution in [0.5, 0.6) is 0 Å². The highest BCUT2D eigenvalue weighted by Crippen LogP contribution is 2.22. The third-order valence-corrected chi connectivity index (χ3v) is 5.10. The Morgan fingerprint density at radius 3 is 2.48 bits per heavy atom. The molecular formula is C23H26N4O2. The van der Waals surface area contributed by atoms with Crippen molar-refractivity contribution in [2.24, 2.45) is 0 Å². The van der Waals surface area contributed by atoms with Crippen molar-refractivity contribution in [3.63, 3.8) is 0 Å². The summed E-state index contributed by atoms with van der Waals surface area (Å²) < 4.78 is 0. The number of nitrogens with one attached hydrogen (secondary N) is 1. The van der Waals surface area contributed by atoms with E-state index in [4.69, 9.17) is 5.26 Å². The number of hydrogen-bond acceptors (Lipinski definition) is 4. The number of hydrogen-bond donors (Lipinski definition) is 1. The zero-order valence-electron chi connectivity index (χ0n) is 16.7. The number of anilines is 3. The Kier molecular flexibility index (Phi) is 6.85. The van der Waals surface area contributed by atoms with Crippen LogP contribution in [0.15, 0.2) is 48.5 Å². The largest absolute Gasteiger partial charge is 0.372 e. The topological polar surface area (TPSA) is 76.4 Å². The minimum atomic E-state index is -0.168. The molecule has 150 valence electrons. The zero-order chi connectivity index (χ0) is 20.6. The Bertz CT molecular complexity index is 896. The molecule has 0 aromatic heterocycles. The van der Waals surface area contributed by atoms with Gasteiger partial charge in [0, 0.05) is 50.0 Å². The molecule has 3 rings (SSSR count). The predicted octanol–water partition coefficient (Wildman–Crippen LogP) is 3.93. The number of nitriles is 1. The minimum Gasteiger partial charge on any atom is -0.372 e. The highest BCUT2D eigenvalue weighted by Gasteiger charge is 2.15. The SMILES string of the molecule is CC(=O)N(CCC(=O)Nc1ccc(N2CCCCC2)cc1)c1cccc(C#N)c1. The van der Waals surface area contributed by atoms with E-state index >= 15 is 0 Å². The monoisotopic (exact) mass is 390 g/mol. The van der Waals surface area contributed by atoms with E-state index in [1.165, 1.54) is 36.8 Å². The van der Waals surface area contributed by atoms with E-state index in [-0.39, 0.29) is 24.8 Å². The van der Waals surface area contributed by atoms with Crippen LogP contribution < -0.4 is 15.1 Å². The molecule has 6 nitrogen and oxygen atoms in total. The average Bonchev–Trinajstić information content (AvgIpc) is 2.75. The van der Waals surface area contributed by atoms with Gasteiger partial charge in [-0.1, -0.05) is 6.07 Å². The van der Waals surface area contributed by atoms with E-state index in [2.05, 4.69) is 16.3 Å². The lowest BCUT2D eigenvalue weighted by Crippen LogP contribution is -2.32. The van der Waals surface area contributed by atoms with Crippen LogP contribution in [-0.2, 0) is 9.59 Å². The van der Waals surface area contributed by atoms with Gasteiger partial charge in [-0.2, -0.15) is 5.26 Å². The molecule has 0 unspecified atom stereocenters. The van der Waals surface area contributed by atoms with Crippen LogP contribution in [0.4, 0.5) is 17.1 Å². The molecule has 1 aliphatic rings. The molecule has 1 saturated heterocycles. The lowest BCUT2D eigenvalue weighted by Gasteiger charge is -2.28. The standard InChI is InChI=1S/C23H26N4O2/c1-18(28)27(22-7-5-6-19(16-22)17-24)15-12-23(29)25-20-8-10-21(11-9-20)26-13-3-2-4-14-26/h5-11,16H,2-4,12-15H2,1H3,(H,25,29). The molecule has 0 spiro atoms. The van der Waals surface area contributed by atoms with Crippen molar-refractivity contribution in [2.45, 2.75) is 32.6 Å². The van der Waals surface area contributed by atoms with Crippen LogP contribution in [0.1, 0.15) is 38.2 Å². The number of amides is 2. The molecular weight excluding hydrogens is 364 g/mol. The lowest BCUT2D eigenvalue weighted by molar-refractivity contribution is -0.117. The maximum Gasteiger partial charge on any atom is 0.226 e. The summed E-state index contributed by atoms with van der Waals surface area (Å²) in [5, 5.41) is 11.9. The van der Waals surface area contributed by atoms with E-state index in [0.717, 1.165) is 18.8 Å². The number of rotatable bonds is 6. The first-order valence-electron chi connectivity index (χ1n) is 10.00. The normalized spacial score (nSPS) is 13.4. The van der Waals surface area contributed by atoms with E-state index in [9.17, 15) is 9.59 Å². The fourth-order valence-corrected chi connectivity index (χ4v) is 3.56. The molecule has 29 heavy (non-hydrogen) atoms. The average molecular weight is 390 g/mol. The van der Waals surface area contributed by atoms with Gasteiger partial charge in [-0.15, -0.1) is 0 Å². The molecule has 0 atom stereocenters. The summed E-state index contributed by atoms with van der Waals surface area (Å²) in [5.74, 6) is -0.322. The number of nitrogens with zero attached hydrogens (tertiary/aromatic N) is 3. The summed E-state index contributed by atoms with van der Waals surface area (Å²) >= 11 is 0. The molecule has 2 aromatic rings. The van der Waals surface area contributed by atoms with E-state index in [1.54, 1.807) is 24.3 Å². The summed E-state index contributed by atoms with van der Waals surface area (Å²) in [4.78, 5) is 28.3. The van der Waals surface area contributed by atoms with Gasteiger partial charge in [0.1, 0.15) is 0 Å². The van der Waals surface area contributed by atoms with Gasteiger partial charge in [0.05, 0.1) is 11.6 Å². The molecule has 1 N–H and O–H groups in total. The molecule has 2 amide bonds. The highest BCUT2D eigenvalue weighted by atomic mass is 16.2. The van der Waals surface area contributed by atoms with Gasteiger partial charge < -0.3 is 15.1 Å². The third-order valence-electron chi connectivity index (χ3n) is 5.10. The van der Waals surface area contributed by atoms with Crippen LogP contribution in [-0.4, -0.2) is 31.4 Å². The Morgan fingerprint density at radius 2 is 1.83 bits per heavy atom. The number of carbonyl (C=O) groups is 2. The van der Waals surface area contributed by atoms with Crippen LogP contribution in [0, 0.1) is 11.3 Å². The minimum absolute atomic E-state index is 0.154. The van der Waals surface area contributed by atoms with Crippen molar-refractivity contribution in [1.82, 2.24) is 0 Å². The second-order valence-electron chi connectivity index (χ2n) is 7.23. The number of piperidine rings is 1. The van der Waals surface area contributed by atoms with E-state index in [0.29, 0.717) is 11.3 Å². The lowest BCUT2D eigenvalue weighted by atomic mass is 10.1. The Hall–Kier alpha value is -3.33. The Balaban J connectivity index is 1.56. The summed E-state index contributed by atoms with van der Waals surface area (Å²) in [5.41, 5.74) is 3.03. The summed E-state index contributed by atoms with van der Waals surface area (Å²) in [6, 6.07) is 16.8. The first kappa shape index (κ1) is 20.4. The Labute approximate surface area is 171 Å². The molecule has 2 aromatic carbocycles. The van der Waals surface area contributed by atoms with Crippen LogP contribution in [0.3, 0.4) is 0 Å². The molecule has 0 bridgehead atoms. The van der Waals surface area contributed by atoms with Crippen LogP contribution >= 0.6 is 0 Å². The smallest absolute Gasteiger partial charge is 0.226 e. The maximum absolute atomic E-state index is 12.4. The predicted molar refractivity (Wildman–Crippen MR) is 115 cm³/mol. The van der Waals surface area contributed by atoms with Gasteiger partial charge in [0.25, 0.3) is 0 Å². The maximum atomic E-state index is 12.4. The summed E-state index contributed by atoms with van der Waals surface area (Å²) in [6.07, 6.45) is 3.91. The van der Waals surface area contributed by atoms with Gasteiger partial charge in [-0.3, -0.25) is 9.59 Å². The third kappa shape index (κ3) is 5.58. The quantitative estimate of drug-likeness (QED) is 0.811. The van der Waals surface area contributed by atoms with Crippen LogP contribution in [0.25, 0.3) is 0 Å². The number of carbonyl (C=O) groups excluding carboxylic acids is 2. The number of benzene rings is 2. The van der Waals surface area contributed by atoms with Gasteiger partial charge in [0.2, 0.25) is 11.8 Å². The van der Waals surface area contributed by atoms with E-state index in [1.807, 2.05) is 24.3 Å². The molecule has 0 saturated carbocycles. The first-order valence-corrected chi connectivity index (χ1v) is 10.00. The second kappa shape index (κ2) is 9.74. The van der Waals surface area contributed by atoms with Crippen molar-refractivity contribution in [1.29, 1.82) is 5.26 Å². The molecule has 0 aliphatic carbocycles. The Morgan fingerprint density at radius 1 is 1.10 bits per heavy atom. The van der Waals surface area contributed by atoms with Gasteiger partial charge in [-0.05, 0) is 61.7 Å². The molecule has 6 heteroatoms. The molecule has 1 aliphatic heterocycles. The fourth-order valence-electron chi connectivity index (χ4n) is 3.56. The summed E-state index contributed by atoms with van der Waals surface area (Å²) in [6.45, 7) is 3.87. The van der Waals surface area contributed by atoms with Crippen LogP contribution in [0.2, 0.25) is 0 Å². The van der Waals surface area contributed by atoms with Gasteiger partial charge >= 0.3 is 0 Å². The van der Waals surface area contributed by atoms with Gasteiger partial charge in [-0.25, -0.2) is 0 Å². The molecule has 0 radical (unpaired) electrons. The van der Waals surface area contributed by atoms with Gasteiger partial charge in [0.15, 0.2) is 0 Å². The van der Waals surface area contributed by atoms with E-state index < -0.39 is 0 Å². The second-order valence-corrected chi connectivity index (χ2v) is 7.23. The first-order chi connectivity index (χ1) is 14.1. The van der Waals surface area contributed by atoms with Crippen molar-refractivity contribution >= 4 is 28.9 Å². The highest BCUT2D eigenvalue weighted by molar-refractivity contribution is 5.95. The zero-order valence-corrected chi connectivity index (χ0v) is 16.7. The molecule has 1 heterocycles. The van der Waals surface area contributed by atoms with Crippen molar-refractivity contribution in [2.75, 3.05) is 34.8 Å².